The normalized spacial score (nSPS) is 19.9. The van der Waals surface area contributed by atoms with E-state index in [-0.39, 0.29) is 18.8 Å². The average molecular weight is 302 g/mol. The van der Waals surface area contributed by atoms with E-state index in [9.17, 15) is 13.2 Å². The van der Waals surface area contributed by atoms with Crippen molar-refractivity contribution in [2.24, 2.45) is 5.41 Å². The molecule has 1 aliphatic heterocycles. The van der Waals surface area contributed by atoms with Gasteiger partial charge in [0.05, 0.1) is 5.41 Å². The molecule has 7 nitrogen and oxygen atoms in total. The van der Waals surface area contributed by atoms with E-state index in [2.05, 4.69) is 5.16 Å². The van der Waals surface area contributed by atoms with Crippen LogP contribution in [0.15, 0.2) is 10.6 Å². The largest absolute Gasteiger partial charge is 0.481 e. The van der Waals surface area contributed by atoms with Crippen LogP contribution < -0.4 is 0 Å². The molecule has 0 radical (unpaired) electrons. The Labute approximate surface area is 117 Å². The van der Waals surface area contributed by atoms with Gasteiger partial charge in [-0.05, 0) is 26.7 Å². The van der Waals surface area contributed by atoms with E-state index in [0.717, 1.165) is 0 Å². The van der Waals surface area contributed by atoms with Crippen LogP contribution in [0.4, 0.5) is 0 Å². The lowest BCUT2D eigenvalue weighted by Gasteiger charge is -2.35. The summed E-state index contributed by atoms with van der Waals surface area (Å²) in [7, 11) is -3.48. The number of hydrogen-bond donors (Lipinski definition) is 1. The van der Waals surface area contributed by atoms with Gasteiger partial charge in [0.1, 0.15) is 17.2 Å². The summed E-state index contributed by atoms with van der Waals surface area (Å²) >= 11 is 0. The highest BCUT2D eigenvalue weighted by Crippen LogP contribution is 2.32. The summed E-state index contributed by atoms with van der Waals surface area (Å²) in [5.74, 6) is -0.525. The smallest absolute Gasteiger partial charge is 0.309 e. The number of carboxylic acids is 1. The van der Waals surface area contributed by atoms with Crippen molar-refractivity contribution < 1.29 is 22.8 Å². The van der Waals surface area contributed by atoms with Gasteiger partial charge in [0.2, 0.25) is 10.0 Å². The summed E-state index contributed by atoms with van der Waals surface area (Å²) in [6.07, 6.45) is 0.638. The van der Waals surface area contributed by atoms with E-state index >= 15 is 0 Å². The second kappa shape index (κ2) is 5.17. The molecule has 0 amide bonds. The molecule has 0 aromatic carbocycles. The third-order valence-corrected chi connectivity index (χ3v) is 5.56. The molecule has 1 aliphatic rings. The minimum Gasteiger partial charge on any atom is -0.481 e. The van der Waals surface area contributed by atoms with Crippen molar-refractivity contribution in [3.8, 4) is 0 Å². The Bertz CT molecular complexity index is 599. The molecule has 1 aromatic heterocycles. The van der Waals surface area contributed by atoms with Gasteiger partial charge < -0.3 is 9.63 Å². The van der Waals surface area contributed by atoms with Crippen molar-refractivity contribution >= 4 is 16.0 Å². The molecule has 2 rings (SSSR count). The molecule has 0 aliphatic carbocycles. The van der Waals surface area contributed by atoms with Crippen LogP contribution in [0.1, 0.15) is 31.2 Å². The third kappa shape index (κ3) is 3.01. The predicted octanol–water partition coefficient (Wildman–Crippen LogP) is 1.000. The summed E-state index contributed by atoms with van der Waals surface area (Å²) in [6.45, 7) is 3.80. The highest BCUT2D eigenvalue weighted by Gasteiger charge is 2.40. The van der Waals surface area contributed by atoms with E-state index in [1.54, 1.807) is 19.9 Å². The van der Waals surface area contributed by atoms with Crippen LogP contribution in [0.5, 0.6) is 0 Å². The van der Waals surface area contributed by atoms with Crippen molar-refractivity contribution in [3.05, 3.63) is 17.5 Å². The lowest BCUT2D eigenvalue weighted by Crippen LogP contribution is -2.45. The monoisotopic (exact) mass is 302 g/mol. The second-order valence-corrected chi connectivity index (χ2v) is 7.42. The Morgan fingerprint density at radius 2 is 2.10 bits per heavy atom. The minimum absolute atomic E-state index is 0.214. The fourth-order valence-electron chi connectivity index (χ4n) is 2.24. The number of aromatic nitrogens is 1. The Hall–Kier alpha value is -1.41. The lowest BCUT2D eigenvalue weighted by atomic mass is 9.81. The fraction of sp³-hybridized carbons (Fsp3) is 0.667. The van der Waals surface area contributed by atoms with E-state index in [0.29, 0.717) is 24.3 Å². The zero-order valence-electron chi connectivity index (χ0n) is 11.5. The maximum absolute atomic E-state index is 12.2. The van der Waals surface area contributed by atoms with E-state index in [1.165, 1.54) is 4.31 Å². The number of sulfonamides is 1. The predicted molar refractivity (Wildman–Crippen MR) is 70.4 cm³/mol. The molecular weight excluding hydrogens is 284 g/mol. The van der Waals surface area contributed by atoms with Gasteiger partial charge in [-0.3, -0.25) is 4.79 Å². The van der Waals surface area contributed by atoms with Crippen molar-refractivity contribution in [2.75, 3.05) is 13.1 Å². The molecule has 0 bridgehead atoms. The molecule has 1 saturated heterocycles. The van der Waals surface area contributed by atoms with Crippen LogP contribution in [-0.4, -0.2) is 42.0 Å². The Morgan fingerprint density at radius 1 is 1.50 bits per heavy atom. The maximum Gasteiger partial charge on any atom is 0.309 e. The van der Waals surface area contributed by atoms with Crippen LogP contribution >= 0.6 is 0 Å². The Kier molecular flexibility index (Phi) is 3.88. The zero-order valence-corrected chi connectivity index (χ0v) is 12.3. The molecule has 1 fully saturated rings. The van der Waals surface area contributed by atoms with Gasteiger partial charge in [0.15, 0.2) is 0 Å². The molecule has 0 atom stereocenters. The standard InChI is InChI=1S/C12H18N2O5S/c1-9-7-10(13-19-9)8-20(17,18)14-5-3-12(2,4-6-14)11(15)16/h7H,3-6,8H2,1-2H3,(H,15,16). The number of piperidine rings is 1. The van der Waals surface area contributed by atoms with Gasteiger partial charge in [0.25, 0.3) is 0 Å². The van der Waals surface area contributed by atoms with Crippen LogP contribution in [0, 0.1) is 12.3 Å². The number of aliphatic carboxylic acids is 1. The number of hydrogen-bond acceptors (Lipinski definition) is 5. The van der Waals surface area contributed by atoms with Gasteiger partial charge in [0, 0.05) is 19.2 Å². The van der Waals surface area contributed by atoms with Gasteiger partial charge >= 0.3 is 5.97 Å². The number of rotatable bonds is 4. The summed E-state index contributed by atoms with van der Waals surface area (Å²) in [5.41, 5.74) is -0.467. The average Bonchev–Trinajstić information content (AvgIpc) is 2.74. The number of carboxylic acid groups (broad SMARTS) is 1. The van der Waals surface area contributed by atoms with E-state index < -0.39 is 21.4 Å². The molecule has 2 heterocycles. The molecular formula is C12H18N2O5S. The van der Waals surface area contributed by atoms with Crippen molar-refractivity contribution in [1.82, 2.24) is 9.46 Å². The Morgan fingerprint density at radius 3 is 2.55 bits per heavy atom. The van der Waals surface area contributed by atoms with Crippen LogP contribution in [0.25, 0.3) is 0 Å². The molecule has 0 spiro atoms. The SMILES string of the molecule is Cc1cc(CS(=O)(=O)N2CCC(C)(C(=O)O)CC2)no1. The first-order valence-electron chi connectivity index (χ1n) is 6.36. The summed E-state index contributed by atoms with van der Waals surface area (Å²) in [4.78, 5) is 11.1. The van der Waals surface area contributed by atoms with Gasteiger partial charge in [-0.15, -0.1) is 0 Å². The van der Waals surface area contributed by atoms with E-state index in [1.807, 2.05) is 0 Å². The topological polar surface area (TPSA) is 101 Å². The van der Waals surface area contributed by atoms with Gasteiger partial charge in [-0.2, -0.15) is 0 Å². The highest BCUT2D eigenvalue weighted by molar-refractivity contribution is 7.88. The third-order valence-electron chi connectivity index (χ3n) is 3.74. The Balaban J connectivity index is 2.04. The molecule has 20 heavy (non-hydrogen) atoms. The number of carbonyl (C=O) groups is 1. The van der Waals surface area contributed by atoms with Crippen molar-refractivity contribution in [3.63, 3.8) is 0 Å². The highest BCUT2D eigenvalue weighted by atomic mass is 32.2. The van der Waals surface area contributed by atoms with Crippen molar-refractivity contribution in [2.45, 2.75) is 32.4 Å². The summed E-state index contributed by atoms with van der Waals surface area (Å²) in [6, 6.07) is 1.59. The van der Waals surface area contributed by atoms with Crippen LogP contribution in [-0.2, 0) is 20.6 Å². The fourth-order valence-corrected chi connectivity index (χ4v) is 3.67. The van der Waals surface area contributed by atoms with E-state index in [4.69, 9.17) is 9.63 Å². The molecule has 0 unspecified atom stereocenters. The second-order valence-electron chi connectivity index (χ2n) is 5.45. The minimum atomic E-state index is -3.48. The molecule has 8 heteroatoms. The lowest BCUT2D eigenvalue weighted by molar-refractivity contribution is -0.150. The van der Waals surface area contributed by atoms with Crippen molar-refractivity contribution in [1.29, 1.82) is 0 Å². The summed E-state index contributed by atoms with van der Waals surface area (Å²) in [5, 5.41) is 12.8. The molecule has 1 N–H and O–H groups in total. The van der Waals surface area contributed by atoms with Crippen LogP contribution in [0.3, 0.4) is 0 Å². The van der Waals surface area contributed by atoms with Gasteiger partial charge in [-0.1, -0.05) is 5.16 Å². The first-order chi connectivity index (χ1) is 9.23. The summed E-state index contributed by atoms with van der Waals surface area (Å²) < 4.78 is 30.7. The van der Waals surface area contributed by atoms with Crippen LogP contribution in [0.2, 0.25) is 0 Å². The number of aryl methyl sites for hydroxylation is 1. The maximum atomic E-state index is 12.2. The van der Waals surface area contributed by atoms with Gasteiger partial charge in [-0.25, -0.2) is 12.7 Å². The first kappa shape index (κ1) is 15.0. The number of nitrogens with zero attached hydrogens (tertiary/aromatic N) is 2. The first-order valence-corrected chi connectivity index (χ1v) is 7.97. The molecule has 0 saturated carbocycles. The quantitative estimate of drug-likeness (QED) is 0.890. The zero-order chi connectivity index (χ0) is 15.0. The molecule has 1 aromatic rings. The molecule has 112 valence electrons.